The van der Waals surface area contributed by atoms with Gasteiger partial charge in [0, 0.05) is 12.2 Å². The van der Waals surface area contributed by atoms with Crippen LogP contribution in [0.2, 0.25) is 0 Å². The van der Waals surface area contributed by atoms with Crippen LogP contribution in [0.15, 0.2) is 30.3 Å². The lowest BCUT2D eigenvalue weighted by atomic mass is 10.1. The van der Waals surface area contributed by atoms with Gasteiger partial charge < -0.3 is 9.80 Å². The SMILES string of the molecule is CCN1C(=S)N(c2ccccc2)C2CS(=O)(=O)CC21. The maximum Gasteiger partial charge on any atom is 0.176 e. The van der Waals surface area contributed by atoms with E-state index >= 15 is 0 Å². The number of hydrogen-bond donors (Lipinski definition) is 0. The Bertz CT molecular complexity index is 600. The van der Waals surface area contributed by atoms with Crippen LogP contribution in [0.25, 0.3) is 0 Å². The molecule has 102 valence electrons. The van der Waals surface area contributed by atoms with E-state index in [-0.39, 0.29) is 23.6 Å². The van der Waals surface area contributed by atoms with E-state index in [0.29, 0.717) is 0 Å². The number of nitrogens with zero attached hydrogens (tertiary/aromatic N) is 2. The Kier molecular flexibility index (Phi) is 3.02. The Labute approximate surface area is 118 Å². The molecule has 19 heavy (non-hydrogen) atoms. The Morgan fingerprint density at radius 3 is 2.47 bits per heavy atom. The van der Waals surface area contributed by atoms with Gasteiger partial charge in [-0.25, -0.2) is 8.42 Å². The zero-order chi connectivity index (χ0) is 13.6. The smallest absolute Gasteiger partial charge is 0.176 e. The van der Waals surface area contributed by atoms with Crippen LogP contribution >= 0.6 is 12.2 Å². The number of fused-ring (bicyclic) bond motifs is 1. The quantitative estimate of drug-likeness (QED) is 0.769. The van der Waals surface area contributed by atoms with Gasteiger partial charge in [0.15, 0.2) is 14.9 Å². The Morgan fingerprint density at radius 1 is 1.21 bits per heavy atom. The Morgan fingerprint density at radius 2 is 1.84 bits per heavy atom. The average molecular weight is 296 g/mol. The molecule has 2 unspecified atom stereocenters. The minimum atomic E-state index is -2.96. The van der Waals surface area contributed by atoms with Crippen LogP contribution in [0, 0.1) is 0 Å². The number of thiocarbonyl (C=S) groups is 1. The van der Waals surface area contributed by atoms with Crippen molar-refractivity contribution in [1.29, 1.82) is 0 Å². The molecular weight excluding hydrogens is 280 g/mol. The molecule has 3 rings (SSSR count). The largest absolute Gasteiger partial charge is 0.343 e. The number of anilines is 1. The second-order valence-corrected chi connectivity index (χ2v) is 7.50. The van der Waals surface area contributed by atoms with Gasteiger partial charge in [-0.15, -0.1) is 0 Å². The fourth-order valence-corrected chi connectivity index (χ4v) is 5.49. The molecule has 0 aliphatic carbocycles. The van der Waals surface area contributed by atoms with E-state index in [1.165, 1.54) is 0 Å². The predicted molar refractivity (Wildman–Crippen MR) is 80.1 cm³/mol. The van der Waals surface area contributed by atoms with Crippen LogP contribution in [-0.4, -0.2) is 48.6 Å². The lowest BCUT2D eigenvalue weighted by molar-refractivity contribution is 0.373. The molecule has 2 aliphatic rings. The van der Waals surface area contributed by atoms with Crippen molar-refractivity contribution in [2.75, 3.05) is 23.0 Å². The summed E-state index contributed by atoms with van der Waals surface area (Å²) in [5, 5.41) is 0.749. The van der Waals surface area contributed by atoms with Gasteiger partial charge in [-0.2, -0.15) is 0 Å². The topological polar surface area (TPSA) is 40.6 Å². The molecular formula is C13H16N2O2S2. The third kappa shape index (κ3) is 2.03. The van der Waals surface area contributed by atoms with E-state index in [2.05, 4.69) is 0 Å². The molecule has 0 radical (unpaired) electrons. The average Bonchev–Trinajstić information content (AvgIpc) is 2.79. The van der Waals surface area contributed by atoms with E-state index in [1.807, 2.05) is 47.1 Å². The van der Waals surface area contributed by atoms with E-state index in [4.69, 9.17) is 12.2 Å². The summed E-state index contributed by atoms with van der Waals surface area (Å²) in [5.74, 6) is 0.415. The van der Waals surface area contributed by atoms with E-state index in [1.54, 1.807) is 0 Å². The highest BCUT2D eigenvalue weighted by Crippen LogP contribution is 2.34. The molecule has 6 heteroatoms. The molecule has 2 heterocycles. The molecule has 0 amide bonds. The fourth-order valence-electron chi connectivity index (χ4n) is 3.04. The fraction of sp³-hybridized carbons (Fsp3) is 0.462. The second kappa shape index (κ2) is 4.45. The van der Waals surface area contributed by atoms with Crippen molar-refractivity contribution in [2.45, 2.75) is 19.0 Å². The highest BCUT2D eigenvalue weighted by atomic mass is 32.2. The summed E-state index contributed by atoms with van der Waals surface area (Å²) in [6.45, 7) is 2.77. The monoisotopic (exact) mass is 296 g/mol. The molecule has 0 spiro atoms. The molecule has 0 aromatic heterocycles. The number of hydrogen-bond acceptors (Lipinski definition) is 3. The van der Waals surface area contributed by atoms with E-state index in [9.17, 15) is 8.42 Å². The molecule has 2 fully saturated rings. The van der Waals surface area contributed by atoms with Crippen LogP contribution < -0.4 is 4.90 Å². The first-order chi connectivity index (χ1) is 9.03. The summed E-state index contributed by atoms with van der Waals surface area (Å²) in [5.41, 5.74) is 0.982. The zero-order valence-electron chi connectivity index (χ0n) is 10.7. The van der Waals surface area contributed by atoms with Gasteiger partial charge in [-0.05, 0) is 31.3 Å². The third-order valence-electron chi connectivity index (χ3n) is 3.85. The van der Waals surface area contributed by atoms with Crippen LogP contribution in [-0.2, 0) is 9.84 Å². The molecule has 0 bridgehead atoms. The summed E-state index contributed by atoms with van der Waals surface area (Å²) >= 11 is 5.53. The van der Waals surface area contributed by atoms with Crippen LogP contribution in [0.5, 0.6) is 0 Å². The first-order valence-electron chi connectivity index (χ1n) is 6.39. The maximum atomic E-state index is 11.9. The number of para-hydroxylation sites is 1. The van der Waals surface area contributed by atoms with Crippen molar-refractivity contribution in [3.05, 3.63) is 30.3 Å². The molecule has 2 aliphatic heterocycles. The molecule has 4 nitrogen and oxygen atoms in total. The molecule has 2 saturated heterocycles. The van der Waals surface area contributed by atoms with Crippen molar-refractivity contribution >= 4 is 32.9 Å². The number of rotatable bonds is 2. The van der Waals surface area contributed by atoms with Gasteiger partial charge in [-0.1, -0.05) is 18.2 Å². The van der Waals surface area contributed by atoms with Gasteiger partial charge in [-0.3, -0.25) is 0 Å². The number of benzene rings is 1. The summed E-state index contributed by atoms with van der Waals surface area (Å²) in [7, 11) is -2.96. The minimum Gasteiger partial charge on any atom is -0.343 e. The summed E-state index contributed by atoms with van der Waals surface area (Å²) in [4.78, 5) is 4.05. The standard InChI is InChI=1S/C13H16N2O2S2/c1-2-14-11-8-19(16,17)9-12(11)15(13(14)18)10-6-4-3-5-7-10/h3-7,11-12H,2,8-9H2,1H3. The van der Waals surface area contributed by atoms with E-state index in [0.717, 1.165) is 17.3 Å². The summed E-state index contributed by atoms with van der Waals surface area (Å²) in [6.07, 6.45) is 0. The van der Waals surface area contributed by atoms with Crippen molar-refractivity contribution in [2.24, 2.45) is 0 Å². The predicted octanol–water partition coefficient (Wildman–Crippen LogP) is 1.28. The van der Waals surface area contributed by atoms with E-state index < -0.39 is 9.84 Å². The lowest BCUT2D eigenvalue weighted by Crippen LogP contribution is -2.37. The first kappa shape index (κ1) is 12.9. The van der Waals surface area contributed by atoms with Crippen molar-refractivity contribution in [3.8, 4) is 0 Å². The number of sulfone groups is 1. The first-order valence-corrected chi connectivity index (χ1v) is 8.62. The molecule has 0 N–H and O–H groups in total. The van der Waals surface area contributed by atoms with Crippen LogP contribution in [0.1, 0.15) is 6.92 Å². The van der Waals surface area contributed by atoms with Gasteiger partial charge in [0.25, 0.3) is 0 Å². The van der Waals surface area contributed by atoms with Crippen molar-refractivity contribution in [3.63, 3.8) is 0 Å². The molecule has 1 aromatic rings. The van der Waals surface area contributed by atoms with Gasteiger partial charge in [0.2, 0.25) is 0 Å². The lowest BCUT2D eigenvalue weighted by Gasteiger charge is -2.24. The highest BCUT2D eigenvalue weighted by Gasteiger charge is 2.51. The number of likely N-dealkylation sites (N-methyl/N-ethyl adjacent to an activating group) is 1. The maximum absolute atomic E-state index is 11.9. The Balaban J connectivity index is 2.03. The molecule has 2 atom stereocenters. The summed E-state index contributed by atoms with van der Waals surface area (Å²) < 4.78 is 23.8. The molecule has 0 saturated carbocycles. The van der Waals surface area contributed by atoms with Crippen LogP contribution in [0.3, 0.4) is 0 Å². The highest BCUT2D eigenvalue weighted by molar-refractivity contribution is 7.91. The van der Waals surface area contributed by atoms with Gasteiger partial charge in [0.1, 0.15) is 0 Å². The molecule has 1 aromatic carbocycles. The third-order valence-corrected chi connectivity index (χ3v) is 5.98. The van der Waals surface area contributed by atoms with Crippen LogP contribution in [0.4, 0.5) is 5.69 Å². The van der Waals surface area contributed by atoms with Gasteiger partial charge in [0.05, 0.1) is 23.6 Å². The Hall–Kier alpha value is -1.14. The normalized spacial score (nSPS) is 28.8. The second-order valence-electron chi connectivity index (χ2n) is 4.99. The van der Waals surface area contributed by atoms with Crippen molar-refractivity contribution < 1.29 is 8.42 Å². The zero-order valence-corrected chi connectivity index (χ0v) is 12.3. The minimum absolute atomic E-state index is 0.00251. The van der Waals surface area contributed by atoms with Crippen molar-refractivity contribution in [1.82, 2.24) is 4.90 Å². The summed E-state index contributed by atoms with van der Waals surface area (Å²) in [6, 6.07) is 9.77. The van der Waals surface area contributed by atoms with Gasteiger partial charge >= 0.3 is 0 Å².